The molecule has 1 amide bonds. The van der Waals surface area contributed by atoms with Gasteiger partial charge in [0.15, 0.2) is 0 Å². The number of halogens is 1. The van der Waals surface area contributed by atoms with E-state index in [4.69, 9.17) is 0 Å². The molecule has 1 N–H and O–H groups in total. The highest BCUT2D eigenvalue weighted by Gasteiger charge is 2.28. The second-order valence-corrected chi connectivity index (χ2v) is 4.79. The summed E-state index contributed by atoms with van der Waals surface area (Å²) in [6.07, 6.45) is 0. The zero-order valence-corrected chi connectivity index (χ0v) is 10.3. The van der Waals surface area contributed by atoms with E-state index in [1.165, 1.54) is 19.1 Å². The second kappa shape index (κ2) is 4.35. The van der Waals surface area contributed by atoms with Crippen LogP contribution in [0.4, 0.5) is 15.8 Å². The number of carbonyl (C=O) groups is 1. The van der Waals surface area contributed by atoms with Crippen molar-refractivity contribution in [3.8, 4) is 0 Å². The van der Waals surface area contributed by atoms with E-state index >= 15 is 0 Å². The molecular weight excluding hydrogens is 219 g/mol. The van der Waals surface area contributed by atoms with Gasteiger partial charge in [0.05, 0.1) is 11.4 Å². The third-order valence-corrected chi connectivity index (χ3v) is 3.15. The third-order valence-electron chi connectivity index (χ3n) is 3.15. The molecule has 0 saturated heterocycles. The Morgan fingerprint density at radius 1 is 1.53 bits per heavy atom. The first-order valence-electron chi connectivity index (χ1n) is 5.83. The molecule has 0 fully saturated rings. The van der Waals surface area contributed by atoms with Gasteiger partial charge in [-0.3, -0.25) is 4.79 Å². The lowest BCUT2D eigenvalue weighted by atomic mass is 10.00. The number of anilines is 2. The van der Waals surface area contributed by atoms with Gasteiger partial charge in [-0.2, -0.15) is 0 Å². The van der Waals surface area contributed by atoms with Gasteiger partial charge in [0.1, 0.15) is 5.82 Å². The Balaban J connectivity index is 2.41. The molecule has 0 spiro atoms. The van der Waals surface area contributed by atoms with Crippen molar-refractivity contribution in [3.05, 3.63) is 24.0 Å². The van der Waals surface area contributed by atoms with E-state index in [1.54, 1.807) is 11.0 Å². The topological polar surface area (TPSA) is 32.3 Å². The van der Waals surface area contributed by atoms with Gasteiger partial charge >= 0.3 is 0 Å². The van der Waals surface area contributed by atoms with Crippen LogP contribution in [0, 0.1) is 11.7 Å². The largest absolute Gasteiger partial charge is 0.378 e. The molecule has 0 aliphatic carbocycles. The van der Waals surface area contributed by atoms with Crippen LogP contribution in [0.25, 0.3) is 0 Å². The van der Waals surface area contributed by atoms with E-state index in [2.05, 4.69) is 19.2 Å². The second-order valence-electron chi connectivity index (χ2n) is 4.79. The van der Waals surface area contributed by atoms with Crippen molar-refractivity contribution in [2.24, 2.45) is 5.92 Å². The smallest absolute Gasteiger partial charge is 0.223 e. The predicted molar refractivity (Wildman–Crippen MR) is 66.7 cm³/mol. The molecule has 1 aliphatic heterocycles. The van der Waals surface area contributed by atoms with E-state index in [-0.39, 0.29) is 17.8 Å². The summed E-state index contributed by atoms with van der Waals surface area (Å²) in [5.74, 6) is 0.0856. The van der Waals surface area contributed by atoms with E-state index in [1.807, 2.05) is 0 Å². The lowest BCUT2D eigenvalue weighted by molar-refractivity contribution is -0.116. The quantitative estimate of drug-likeness (QED) is 0.813. The minimum Gasteiger partial charge on any atom is -0.378 e. The zero-order valence-electron chi connectivity index (χ0n) is 10.3. The fourth-order valence-corrected chi connectivity index (χ4v) is 2.08. The highest BCUT2D eigenvalue weighted by atomic mass is 19.1. The summed E-state index contributed by atoms with van der Waals surface area (Å²) in [6, 6.07) is 4.63. The Labute approximate surface area is 101 Å². The minimum atomic E-state index is -0.288. The van der Waals surface area contributed by atoms with Gasteiger partial charge in [-0.25, -0.2) is 4.39 Å². The van der Waals surface area contributed by atoms with Crippen LogP contribution in [0.3, 0.4) is 0 Å². The summed E-state index contributed by atoms with van der Waals surface area (Å²) in [7, 11) is 0. The fraction of sp³-hybridized carbons (Fsp3) is 0.462. The molecule has 0 radical (unpaired) electrons. The molecule has 1 heterocycles. The number of nitrogens with one attached hydrogen (secondary N) is 1. The monoisotopic (exact) mass is 236 g/mol. The number of nitrogens with zero attached hydrogens (tertiary/aromatic N) is 1. The van der Waals surface area contributed by atoms with Crippen molar-refractivity contribution in [1.29, 1.82) is 0 Å². The van der Waals surface area contributed by atoms with Gasteiger partial charge in [-0.15, -0.1) is 0 Å². The average Bonchev–Trinajstić information content (AvgIpc) is 2.26. The molecule has 0 saturated carbocycles. The van der Waals surface area contributed by atoms with Gasteiger partial charge in [0.2, 0.25) is 5.91 Å². The number of rotatable bonds is 1. The van der Waals surface area contributed by atoms with Crippen molar-refractivity contribution >= 4 is 17.3 Å². The number of carbonyl (C=O) groups excluding carboxylic acids is 1. The summed E-state index contributed by atoms with van der Waals surface area (Å²) < 4.78 is 13.2. The molecule has 0 unspecified atom stereocenters. The molecule has 0 bridgehead atoms. The summed E-state index contributed by atoms with van der Waals surface area (Å²) in [5, 5.41) is 3.29. The van der Waals surface area contributed by atoms with Crippen molar-refractivity contribution < 1.29 is 9.18 Å². The Hall–Kier alpha value is -1.58. The molecule has 17 heavy (non-hydrogen) atoms. The van der Waals surface area contributed by atoms with Crippen LogP contribution < -0.4 is 10.2 Å². The molecule has 1 aromatic carbocycles. The van der Waals surface area contributed by atoms with Crippen LogP contribution in [0.5, 0.6) is 0 Å². The molecule has 1 aromatic rings. The summed E-state index contributed by atoms with van der Waals surface area (Å²) >= 11 is 0. The maximum atomic E-state index is 13.2. The lowest BCUT2D eigenvalue weighted by Crippen LogP contribution is -2.46. The van der Waals surface area contributed by atoms with E-state index in [9.17, 15) is 9.18 Å². The highest BCUT2D eigenvalue weighted by Crippen LogP contribution is 2.33. The molecule has 1 aliphatic rings. The summed E-state index contributed by atoms with van der Waals surface area (Å²) in [4.78, 5) is 13.3. The first-order chi connectivity index (χ1) is 7.99. The maximum Gasteiger partial charge on any atom is 0.223 e. The van der Waals surface area contributed by atoms with Crippen LogP contribution in [0.15, 0.2) is 18.2 Å². The van der Waals surface area contributed by atoms with Gasteiger partial charge in [0.25, 0.3) is 0 Å². The van der Waals surface area contributed by atoms with Gasteiger partial charge in [0, 0.05) is 19.5 Å². The predicted octanol–water partition coefficient (Wildman–Crippen LogP) is 2.63. The number of amides is 1. The molecule has 3 nitrogen and oxygen atoms in total. The normalized spacial score (nSPS) is 18.9. The van der Waals surface area contributed by atoms with E-state index in [0.717, 1.165) is 5.69 Å². The van der Waals surface area contributed by atoms with Crippen molar-refractivity contribution in [1.82, 2.24) is 0 Å². The van der Waals surface area contributed by atoms with Crippen molar-refractivity contribution in [2.45, 2.75) is 26.8 Å². The van der Waals surface area contributed by atoms with E-state index < -0.39 is 0 Å². The standard InChI is InChI=1S/C13H17FN2O/c1-8(2)12-7-16(9(3)17)13-5-4-10(14)6-11(13)15-12/h4-6,8,12,15H,7H2,1-3H3/t12-/m1/s1. The number of benzene rings is 1. The van der Waals surface area contributed by atoms with Crippen LogP contribution in [0.1, 0.15) is 20.8 Å². The molecule has 4 heteroatoms. The van der Waals surface area contributed by atoms with Crippen LogP contribution in [0.2, 0.25) is 0 Å². The average molecular weight is 236 g/mol. The minimum absolute atomic E-state index is 0.00925. The molecular formula is C13H17FN2O. The Morgan fingerprint density at radius 3 is 2.82 bits per heavy atom. The molecule has 0 aromatic heterocycles. The Bertz CT molecular complexity index is 445. The van der Waals surface area contributed by atoms with Gasteiger partial charge < -0.3 is 10.2 Å². The maximum absolute atomic E-state index is 13.2. The number of hydrogen-bond donors (Lipinski definition) is 1. The first-order valence-corrected chi connectivity index (χ1v) is 5.83. The van der Waals surface area contributed by atoms with E-state index in [0.29, 0.717) is 18.2 Å². The van der Waals surface area contributed by atoms with Crippen molar-refractivity contribution in [3.63, 3.8) is 0 Å². The zero-order chi connectivity index (χ0) is 12.6. The molecule has 1 atom stereocenters. The van der Waals surface area contributed by atoms with Gasteiger partial charge in [-0.05, 0) is 24.1 Å². The highest BCUT2D eigenvalue weighted by molar-refractivity contribution is 5.96. The Morgan fingerprint density at radius 2 is 2.24 bits per heavy atom. The van der Waals surface area contributed by atoms with Crippen LogP contribution in [-0.4, -0.2) is 18.5 Å². The molecule has 2 rings (SSSR count). The summed E-state index contributed by atoms with van der Waals surface area (Å²) in [6.45, 7) is 6.34. The van der Waals surface area contributed by atoms with Crippen molar-refractivity contribution in [2.75, 3.05) is 16.8 Å². The summed E-state index contributed by atoms with van der Waals surface area (Å²) in [5.41, 5.74) is 1.46. The Kier molecular flexibility index (Phi) is 3.05. The number of fused-ring (bicyclic) bond motifs is 1. The van der Waals surface area contributed by atoms with Crippen LogP contribution >= 0.6 is 0 Å². The SMILES string of the molecule is CC(=O)N1C[C@H](C(C)C)Nc2cc(F)ccc21. The fourth-order valence-electron chi connectivity index (χ4n) is 2.08. The van der Waals surface area contributed by atoms with Crippen LogP contribution in [-0.2, 0) is 4.79 Å². The lowest BCUT2D eigenvalue weighted by Gasteiger charge is -2.37. The van der Waals surface area contributed by atoms with Gasteiger partial charge in [-0.1, -0.05) is 13.8 Å². The molecule has 92 valence electrons. The first kappa shape index (κ1) is 11.9. The third kappa shape index (κ3) is 2.25. The number of hydrogen-bond acceptors (Lipinski definition) is 2.